The highest BCUT2D eigenvalue weighted by atomic mass is 35.5. The van der Waals surface area contributed by atoms with Crippen molar-refractivity contribution in [3.8, 4) is 22.6 Å². The molecule has 0 atom stereocenters. The number of nitrogens with two attached hydrogens (primary N) is 1. The molecule has 0 aliphatic heterocycles. The molecule has 0 radical (unpaired) electrons. The van der Waals surface area contributed by atoms with Gasteiger partial charge in [-0.1, -0.05) is 36.4 Å². The van der Waals surface area contributed by atoms with E-state index < -0.39 is 11.4 Å². The van der Waals surface area contributed by atoms with Crippen LogP contribution in [0, 0.1) is 13.8 Å². The number of halogens is 1. The Morgan fingerprint density at radius 2 is 1.69 bits per heavy atom. The monoisotopic (exact) mass is 511 g/mol. The summed E-state index contributed by atoms with van der Waals surface area (Å²) in [4.78, 5) is 24.8. The maximum absolute atomic E-state index is 11.6. The minimum absolute atomic E-state index is 0. The molecule has 1 aromatic heterocycles. The topological polar surface area (TPSA) is 112 Å². The number of hydrogen-bond donors (Lipinski definition) is 2. The molecule has 0 saturated heterocycles. The molecular weight excluding hydrogens is 482 g/mol. The van der Waals surface area contributed by atoms with E-state index in [2.05, 4.69) is 43.1 Å². The first-order valence-corrected chi connectivity index (χ1v) is 11.5. The summed E-state index contributed by atoms with van der Waals surface area (Å²) in [5.74, 6) is 0.787. The van der Waals surface area contributed by atoms with Gasteiger partial charge in [0.2, 0.25) is 0 Å². The van der Waals surface area contributed by atoms with Crippen LogP contribution >= 0.6 is 12.4 Å². The second-order valence-corrected chi connectivity index (χ2v) is 8.34. The number of aromatic nitrogens is 2. The van der Waals surface area contributed by atoms with Crippen molar-refractivity contribution in [1.82, 2.24) is 9.72 Å². The third-order valence-corrected chi connectivity index (χ3v) is 5.82. The Bertz CT molecular complexity index is 1410. The molecule has 0 fully saturated rings. The van der Waals surface area contributed by atoms with Crippen LogP contribution in [0.1, 0.15) is 28.7 Å². The van der Waals surface area contributed by atoms with Crippen LogP contribution in [-0.2, 0) is 13.2 Å². The lowest BCUT2D eigenvalue weighted by atomic mass is 9.94. The zero-order chi connectivity index (χ0) is 24.8. The van der Waals surface area contributed by atoms with Crippen LogP contribution in [0.25, 0.3) is 11.1 Å². The highest BCUT2D eigenvalue weighted by Gasteiger charge is 2.11. The zero-order valence-corrected chi connectivity index (χ0v) is 21.1. The predicted octanol–water partition coefficient (Wildman–Crippen LogP) is 4.19. The van der Waals surface area contributed by atoms with Crippen LogP contribution in [0.4, 0.5) is 0 Å². The molecule has 190 valence electrons. The van der Waals surface area contributed by atoms with Crippen molar-refractivity contribution in [2.24, 2.45) is 5.73 Å². The Labute approximate surface area is 215 Å². The van der Waals surface area contributed by atoms with Gasteiger partial charge in [-0.3, -0.25) is 0 Å². The molecular formula is C27H30ClN3O5. The average molecular weight is 512 g/mol. The van der Waals surface area contributed by atoms with E-state index in [1.807, 2.05) is 36.4 Å². The molecule has 0 unspecified atom stereocenters. The van der Waals surface area contributed by atoms with E-state index in [4.69, 9.17) is 19.7 Å². The molecule has 4 rings (SSSR count). The summed E-state index contributed by atoms with van der Waals surface area (Å²) in [6.07, 6.45) is 0.829. The van der Waals surface area contributed by atoms with Crippen molar-refractivity contribution < 1.29 is 14.0 Å². The first-order valence-electron chi connectivity index (χ1n) is 11.5. The highest BCUT2D eigenvalue weighted by Crippen LogP contribution is 2.31. The Balaban J connectivity index is 0.00000361. The Morgan fingerprint density at radius 1 is 0.944 bits per heavy atom. The van der Waals surface area contributed by atoms with E-state index in [1.54, 1.807) is 0 Å². The first kappa shape index (κ1) is 26.8. The van der Waals surface area contributed by atoms with E-state index >= 15 is 0 Å². The third-order valence-electron chi connectivity index (χ3n) is 5.82. The first-order chi connectivity index (χ1) is 16.9. The molecule has 0 aliphatic rings. The van der Waals surface area contributed by atoms with Gasteiger partial charge in [-0.2, -0.15) is 0 Å². The second kappa shape index (κ2) is 12.3. The Morgan fingerprint density at radius 3 is 2.36 bits per heavy atom. The van der Waals surface area contributed by atoms with E-state index in [9.17, 15) is 9.59 Å². The van der Waals surface area contributed by atoms with E-state index in [0.29, 0.717) is 25.5 Å². The number of benzene rings is 3. The van der Waals surface area contributed by atoms with Crippen LogP contribution in [0.3, 0.4) is 0 Å². The van der Waals surface area contributed by atoms with Gasteiger partial charge in [0.25, 0.3) is 0 Å². The van der Waals surface area contributed by atoms with Crippen molar-refractivity contribution in [3.05, 3.63) is 104 Å². The SMILES string of the molecule is Cc1cc(OCCCN)ccc1-c1cccc(COc2ccc(Cn3oc(=O)[nH]c3=O)cc2)c1C.Cl. The molecule has 0 bridgehead atoms. The molecule has 0 amide bonds. The summed E-state index contributed by atoms with van der Waals surface area (Å²) < 4.78 is 17.6. The fourth-order valence-electron chi connectivity index (χ4n) is 3.87. The molecule has 0 saturated carbocycles. The predicted molar refractivity (Wildman–Crippen MR) is 141 cm³/mol. The lowest BCUT2D eigenvalue weighted by molar-refractivity contribution is 0.258. The number of aromatic amines is 1. The second-order valence-electron chi connectivity index (χ2n) is 8.34. The summed E-state index contributed by atoms with van der Waals surface area (Å²) >= 11 is 0. The number of ether oxygens (including phenoxy) is 2. The molecule has 3 aromatic carbocycles. The number of nitrogens with one attached hydrogen (secondary N) is 1. The summed E-state index contributed by atoms with van der Waals surface area (Å²) in [7, 11) is 0. The number of rotatable bonds is 10. The molecule has 3 N–H and O–H groups in total. The quantitative estimate of drug-likeness (QED) is 0.309. The average Bonchev–Trinajstić information content (AvgIpc) is 3.16. The van der Waals surface area contributed by atoms with Crippen LogP contribution in [0.15, 0.2) is 74.8 Å². The maximum atomic E-state index is 11.6. The largest absolute Gasteiger partial charge is 0.494 e. The zero-order valence-electron chi connectivity index (χ0n) is 20.3. The van der Waals surface area contributed by atoms with Gasteiger partial charge in [-0.15, -0.1) is 17.1 Å². The highest BCUT2D eigenvalue weighted by molar-refractivity contribution is 5.85. The lowest BCUT2D eigenvalue weighted by Gasteiger charge is -2.15. The summed E-state index contributed by atoms with van der Waals surface area (Å²) in [5.41, 5.74) is 11.5. The Hall–Kier alpha value is -3.75. The fourth-order valence-corrected chi connectivity index (χ4v) is 3.87. The summed E-state index contributed by atoms with van der Waals surface area (Å²) in [6, 6.07) is 19.7. The molecule has 8 nitrogen and oxygen atoms in total. The molecule has 1 heterocycles. The van der Waals surface area contributed by atoms with Crippen molar-refractivity contribution in [3.63, 3.8) is 0 Å². The van der Waals surface area contributed by atoms with Crippen LogP contribution in [0.5, 0.6) is 11.5 Å². The number of H-pyrrole nitrogens is 1. The number of aryl methyl sites for hydroxylation is 1. The van der Waals surface area contributed by atoms with Gasteiger partial charge in [0, 0.05) is 0 Å². The minimum Gasteiger partial charge on any atom is -0.494 e. The third kappa shape index (κ3) is 6.47. The molecule has 0 spiro atoms. The molecule has 0 aliphatic carbocycles. The standard InChI is InChI=1S/C27H29N3O5.ClH/c1-18-15-23(33-14-4-13-28)11-12-24(18)25-6-3-5-21(19(25)2)17-34-22-9-7-20(8-10-22)16-30-26(31)29-27(32)35-30;/h3,5-12,15H,4,13-14,16-17,28H2,1-2H3,(H,29,31,32);1H. The van der Waals surface area contributed by atoms with Gasteiger partial charge in [-0.05, 0) is 84.5 Å². The van der Waals surface area contributed by atoms with Gasteiger partial charge >= 0.3 is 11.4 Å². The van der Waals surface area contributed by atoms with Gasteiger partial charge in [0.05, 0.1) is 13.2 Å². The smallest absolute Gasteiger partial charge is 0.440 e. The lowest BCUT2D eigenvalue weighted by Crippen LogP contribution is -2.17. The van der Waals surface area contributed by atoms with Gasteiger partial charge in [0.1, 0.15) is 18.1 Å². The Kier molecular flexibility index (Phi) is 9.16. The van der Waals surface area contributed by atoms with Crippen molar-refractivity contribution >= 4 is 12.4 Å². The van der Waals surface area contributed by atoms with Crippen molar-refractivity contribution in [2.75, 3.05) is 13.2 Å². The van der Waals surface area contributed by atoms with Gasteiger partial charge in [0.15, 0.2) is 0 Å². The minimum atomic E-state index is -0.769. The number of nitrogens with zero attached hydrogens (tertiary/aromatic N) is 1. The van der Waals surface area contributed by atoms with E-state index in [-0.39, 0.29) is 19.0 Å². The maximum Gasteiger partial charge on any atom is 0.440 e. The van der Waals surface area contributed by atoms with E-state index in [1.165, 1.54) is 0 Å². The fraction of sp³-hybridized carbons (Fsp3) is 0.259. The summed E-state index contributed by atoms with van der Waals surface area (Å²) in [6.45, 7) is 6.00. The van der Waals surface area contributed by atoms with Crippen molar-refractivity contribution in [2.45, 2.75) is 33.4 Å². The normalized spacial score (nSPS) is 10.6. The summed E-state index contributed by atoms with van der Waals surface area (Å²) in [5, 5.41) is 0. The van der Waals surface area contributed by atoms with Gasteiger partial charge in [-0.25, -0.2) is 14.6 Å². The van der Waals surface area contributed by atoms with Crippen molar-refractivity contribution in [1.29, 1.82) is 0 Å². The van der Waals surface area contributed by atoms with Crippen LogP contribution < -0.4 is 26.7 Å². The van der Waals surface area contributed by atoms with E-state index in [0.717, 1.165) is 50.3 Å². The molecule has 9 heteroatoms. The van der Waals surface area contributed by atoms with Crippen LogP contribution in [0.2, 0.25) is 0 Å². The number of hydrogen-bond acceptors (Lipinski definition) is 6. The molecule has 4 aromatic rings. The molecule has 36 heavy (non-hydrogen) atoms. The van der Waals surface area contributed by atoms with Gasteiger partial charge < -0.3 is 19.7 Å². The van der Waals surface area contributed by atoms with Crippen LogP contribution in [-0.4, -0.2) is 22.9 Å².